The minimum Gasteiger partial charge on any atom is -0.455 e. The summed E-state index contributed by atoms with van der Waals surface area (Å²) < 4.78 is 19.6. The summed E-state index contributed by atoms with van der Waals surface area (Å²) >= 11 is 0. The van der Waals surface area contributed by atoms with Crippen LogP contribution < -0.4 is 16.3 Å². The monoisotopic (exact) mass is 400 g/mol. The van der Waals surface area contributed by atoms with Gasteiger partial charge in [-0.3, -0.25) is 15.0 Å². The van der Waals surface area contributed by atoms with Crippen LogP contribution in [-0.2, 0) is 6.42 Å². The van der Waals surface area contributed by atoms with Crippen molar-refractivity contribution < 1.29 is 18.4 Å². The van der Waals surface area contributed by atoms with E-state index in [1.54, 1.807) is 13.0 Å². The number of halogens is 1. The lowest BCUT2D eigenvalue weighted by molar-refractivity contribution is 0.0882. The number of fused-ring (bicyclic) bond motifs is 1. The maximum absolute atomic E-state index is 13.8. The number of benzene rings is 1. The van der Waals surface area contributed by atoms with Crippen LogP contribution in [0.3, 0.4) is 0 Å². The van der Waals surface area contributed by atoms with E-state index in [9.17, 15) is 14.0 Å². The van der Waals surface area contributed by atoms with Gasteiger partial charge in [-0.15, -0.1) is 0 Å². The van der Waals surface area contributed by atoms with Crippen molar-refractivity contribution >= 4 is 17.5 Å². The zero-order valence-corrected chi connectivity index (χ0v) is 17.0. The van der Waals surface area contributed by atoms with Crippen LogP contribution in [0.25, 0.3) is 0 Å². The first-order valence-electron chi connectivity index (χ1n) is 9.49. The molecular formula is C21H25FN4O3. The van der Waals surface area contributed by atoms with E-state index in [4.69, 9.17) is 4.42 Å². The number of rotatable bonds is 4. The standard InChI is InChI=1S/C21H25FN4O3/c1-12-17-15(23-24-19(27)13-8-5-6-9-14(13)22)10-7-11-16(17)29-18(12)20(28)25-26-21(2,3)4/h5-6,8-9,26H,7,10-11H2,1-4H3,(H,24,27)(H,25,28)/b23-15+. The molecule has 2 amide bonds. The SMILES string of the molecule is Cc1c(C(=O)NNC(C)(C)C)oc2c1/C(=N/NC(=O)c1ccccc1F)CCC2. The molecule has 0 saturated carbocycles. The molecule has 3 N–H and O–H groups in total. The largest absolute Gasteiger partial charge is 0.455 e. The number of hydrazone groups is 1. The Hall–Kier alpha value is -3.00. The number of carbonyl (C=O) groups excluding carboxylic acids is 2. The highest BCUT2D eigenvalue weighted by Gasteiger charge is 2.28. The molecule has 0 atom stereocenters. The number of nitrogens with one attached hydrogen (secondary N) is 3. The first kappa shape index (κ1) is 20.7. The predicted molar refractivity (Wildman–Crippen MR) is 107 cm³/mol. The van der Waals surface area contributed by atoms with Crippen LogP contribution in [0, 0.1) is 12.7 Å². The Kier molecular flexibility index (Phi) is 5.83. The highest BCUT2D eigenvalue weighted by molar-refractivity contribution is 6.07. The van der Waals surface area contributed by atoms with Crippen LogP contribution in [0.4, 0.5) is 4.39 Å². The van der Waals surface area contributed by atoms with Crippen LogP contribution >= 0.6 is 0 Å². The molecule has 0 bridgehead atoms. The Bertz CT molecular complexity index is 973. The predicted octanol–water partition coefficient (Wildman–Crippen LogP) is 3.23. The first-order chi connectivity index (χ1) is 13.7. The van der Waals surface area contributed by atoms with E-state index in [-0.39, 0.29) is 22.8 Å². The Morgan fingerprint density at radius 1 is 1.14 bits per heavy atom. The molecular weight excluding hydrogens is 375 g/mol. The zero-order chi connectivity index (χ0) is 21.2. The lowest BCUT2D eigenvalue weighted by atomic mass is 9.93. The number of hydrogen-bond acceptors (Lipinski definition) is 5. The molecule has 3 rings (SSSR count). The number of amides is 2. The second-order valence-electron chi connectivity index (χ2n) is 8.02. The molecule has 2 aromatic rings. The molecule has 1 aromatic carbocycles. The van der Waals surface area contributed by atoms with E-state index in [1.165, 1.54) is 18.2 Å². The van der Waals surface area contributed by atoms with Gasteiger partial charge in [0.1, 0.15) is 11.6 Å². The van der Waals surface area contributed by atoms with Gasteiger partial charge in [0.15, 0.2) is 5.76 Å². The molecule has 1 aliphatic carbocycles. The number of furan rings is 1. The van der Waals surface area contributed by atoms with Gasteiger partial charge in [0, 0.05) is 23.1 Å². The number of hydrogen-bond donors (Lipinski definition) is 3. The summed E-state index contributed by atoms with van der Waals surface area (Å²) in [5.74, 6) is -0.743. The first-order valence-corrected chi connectivity index (χ1v) is 9.49. The van der Waals surface area contributed by atoms with Crippen LogP contribution in [0.1, 0.15) is 71.4 Å². The third-order valence-corrected chi connectivity index (χ3v) is 4.49. The summed E-state index contributed by atoms with van der Waals surface area (Å²) in [6, 6.07) is 5.71. The third-order valence-electron chi connectivity index (χ3n) is 4.49. The van der Waals surface area contributed by atoms with Crippen LogP contribution in [0.5, 0.6) is 0 Å². The van der Waals surface area contributed by atoms with Gasteiger partial charge >= 0.3 is 5.91 Å². The van der Waals surface area contributed by atoms with E-state index < -0.39 is 11.7 Å². The Labute approximate surface area is 168 Å². The van der Waals surface area contributed by atoms with Crippen molar-refractivity contribution in [2.75, 3.05) is 0 Å². The molecule has 0 spiro atoms. The van der Waals surface area contributed by atoms with E-state index >= 15 is 0 Å². The molecule has 0 radical (unpaired) electrons. The van der Waals surface area contributed by atoms with E-state index in [2.05, 4.69) is 21.4 Å². The van der Waals surface area contributed by atoms with Gasteiger partial charge in [-0.05, 0) is 52.7 Å². The summed E-state index contributed by atoms with van der Waals surface area (Å²) in [6.07, 6.45) is 2.07. The van der Waals surface area contributed by atoms with Crippen molar-refractivity contribution in [2.24, 2.45) is 5.10 Å². The molecule has 7 nitrogen and oxygen atoms in total. The van der Waals surface area contributed by atoms with Gasteiger partial charge in [0.2, 0.25) is 0 Å². The van der Waals surface area contributed by atoms with Gasteiger partial charge in [0.25, 0.3) is 5.91 Å². The van der Waals surface area contributed by atoms with Gasteiger partial charge in [-0.25, -0.2) is 15.2 Å². The Morgan fingerprint density at radius 2 is 1.86 bits per heavy atom. The normalized spacial score (nSPS) is 15.1. The number of hydrazine groups is 1. The summed E-state index contributed by atoms with van der Waals surface area (Å²) in [6.45, 7) is 7.57. The zero-order valence-electron chi connectivity index (χ0n) is 17.0. The van der Waals surface area contributed by atoms with Gasteiger partial charge in [-0.1, -0.05) is 12.1 Å². The van der Waals surface area contributed by atoms with Crippen molar-refractivity contribution in [3.63, 3.8) is 0 Å². The van der Waals surface area contributed by atoms with Crippen molar-refractivity contribution in [3.05, 3.63) is 58.3 Å². The Morgan fingerprint density at radius 3 is 2.55 bits per heavy atom. The molecule has 0 unspecified atom stereocenters. The molecule has 1 heterocycles. The fourth-order valence-electron chi connectivity index (χ4n) is 3.12. The number of aryl methyl sites for hydroxylation is 1. The fraction of sp³-hybridized carbons (Fsp3) is 0.381. The summed E-state index contributed by atoms with van der Waals surface area (Å²) in [5, 5.41) is 4.20. The van der Waals surface area contributed by atoms with E-state index in [0.717, 1.165) is 12.0 Å². The minimum atomic E-state index is -0.629. The maximum Gasteiger partial charge on any atom is 0.301 e. The van der Waals surface area contributed by atoms with Crippen LogP contribution in [0.15, 0.2) is 33.8 Å². The van der Waals surface area contributed by atoms with Crippen LogP contribution in [-0.4, -0.2) is 23.1 Å². The average Bonchev–Trinajstić information content (AvgIpc) is 3.01. The van der Waals surface area contributed by atoms with Crippen molar-refractivity contribution in [1.29, 1.82) is 0 Å². The molecule has 154 valence electrons. The van der Waals surface area contributed by atoms with Gasteiger partial charge in [0.05, 0.1) is 11.3 Å². The molecule has 0 aliphatic heterocycles. The van der Waals surface area contributed by atoms with Crippen molar-refractivity contribution in [2.45, 2.75) is 52.5 Å². The quantitative estimate of drug-likeness (QED) is 0.687. The van der Waals surface area contributed by atoms with E-state index in [0.29, 0.717) is 29.9 Å². The van der Waals surface area contributed by atoms with Gasteiger partial charge < -0.3 is 4.42 Å². The van der Waals surface area contributed by atoms with Gasteiger partial charge in [-0.2, -0.15) is 5.10 Å². The second-order valence-corrected chi connectivity index (χ2v) is 8.02. The topological polar surface area (TPSA) is 95.7 Å². The second kappa shape index (κ2) is 8.16. The molecule has 1 aromatic heterocycles. The lowest BCUT2D eigenvalue weighted by Gasteiger charge is -2.20. The highest BCUT2D eigenvalue weighted by atomic mass is 19.1. The third kappa shape index (κ3) is 4.71. The lowest BCUT2D eigenvalue weighted by Crippen LogP contribution is -2.48. The smallest absolute Gasteiger partial charge is 0.301 e. The number of nitrogens with zero attached hydrogens (tertiary/aromatic N) is 1. The van der Waals surface area contributed by atoms with E-state index in [1.807, 2.05) is 20.8 Å². The van der Waals surface area contributed by atoms with Crippen LogP contribution in [0.2, 0.25) is 0 Å². The maximum atomic E-state index is 13.8. The molecule has 0 saturated heterocycles. The highest BCUT2D eigenvalue weighted by Crippen LogP contribution is 2.29. The summed E-state index contributed by atoms with van der Waals surface area (Å²) in [4.78, 5) is 24.8. The van der Waals surface area contributed by atoms with Crippen molar-refractivity contribution in [3.8, 4) is 0 Å². The molecule has 0 fully saturated rings. The fourth-order valence-corrected chi connectivity index (χ4v) is 3.12. The number of carbonyl (C=O) groups is 2. The summed E-state index contributed by atoms with van der Waals surface area (Å²) in [5.41, 5.74) is 9.61. The average molecular weight is 400 g/mol. The molecule has 29 heavy (non-hydrogen) atoms. The molecule has 1 aliphatic rings. The minimum absolute atomic E-state index is 0.0786. The Balaban J connectivity index is 1.82. The van der Waals surface area contributed by atoms with Crippen molar-refractivity contribution in [1.82, 2.24) is 16.3 Å². The molecule has 8 heteroatoms. The summed E-state index contributed by atoms with van der Waals surface area (Å²) in [7, 11) is 0.